The predicted octanol–water partition coefficient (Wildman–Crippen LogP) is 1.36. The first-order valence-corrected chi connectivity index (χ1v) is 6.98. The zero-order valence-electron chi connectivity index (χ0n) is 11.5. The van der Waals surface area contributed by atoms with E-state index in [4.69, 9.17) is 9.84 Å². The summed E-state index contributed by atoms with van der Waals surface area (Å²) in [6.45, 7) is 4.03. The molecule has 2 atom stereocenters. The number of carbonyl (C=O) groups excluding carboxylic acids is 1. The second-order valence-electron chi connectivity index (χ2n) is 4.91. The highest BCUT2D eigenvalue weighted by atomic mass is 16.5. The summed E-state index contributed by atoms with van der Waals surface area (Å²) in [5, 5.41) is 14.4. The molecule has 0 spiro atoms. The summed E-state index contributed by atoms with van der Waals surface area (Å²) in [6, 6.07) is -0.232. The van der Waals surface area contributed by atoms with Gasteiger partial charge in [-0.05, 0) is 32.1 Å². The van der Waals surface area contributed by atoms with E-state index in [1.54, 1.807) is 0 Å². The molecule has 1 aliphatic carbocycles. The molecular weight excluding hydrogens is 248 g/mol. The van der Waals surface area contributed by atoms with E-state index >= 15 is 0 Å². The van der Waals surface area contributed by atoms with Gasteiger partial charge in [-0.1, -0.05) is 6.92 Å². The van der Waals surface area contributed by atoms with E-state index in [1.165, 1.54) is 0 Å². The third-order valence-electron chi connectivity index (χ3n) is 3.22. The van der Waals surface area contributed by atoms with Crippen LogP contribution in [0.3, 0.4) is 0 Å². The topological polar surface area (TPSA) is 87.7 Å². The molecule has 1 aliphatic rings. The van der Waals surface area contributed by atoms with Crippen LogP contribution in [0.4, 0.5) is 4.79 Å². The second-order valence-corrected chi connectivity index (χ2v) is 4.91. The number of urea groups is 1. The molecular formula is C13H24N2O4. The van der Waals surface area contributed by atoms with Crippen LogP contribution in [-0.2, 0) is 9.53 Å². The molecule has 0 aromatic rings. The van der Waals surface area contributed by atoms with Gasteiger partial charge in [0.05, 0.1) is 5.92 Å². The zero-order valence-corrected chi connectivity index (χ0v) is 11.5. The Balaban J connectivity index is 2.04. The lowest BCUT2D eigenvalue weighted by atomic mass is 10.1. The standard InChI is InChI=1S/C13H24N2O4/c1-2-7-19-8-3-6-14-13(18)15-11-5-4-10(9-11)12(16)17/h10-11H,2-9H2,1H3,(H,16,17)(H2,14,15,18). The van der Waals surface area contributed by atoms with Crippen LogP contribution >= 0.6 is 0 Å². The summed E-state index contributed by atoms with van der Waals surface area (Å²) in [5.41, 5.74) is 0. The molecule has 0 aliphatic heterocycles. The number of nitrogens with one attached hydrogen (secondary N) is 2. The Morgan fingerprint density at radius 2 is 2.11 bits per heavy atom. The zero-order chi connectivity index (χ0) is 14.1. The maximum absolute atomic E-state index is 11.6. The predicted molar refractivity (Wildman–Crippen MR) is 71.0 cm³/mol. The van der Waals surface area contributed by atoms with Crippen molar-refractivity contribution in [2.24, 2.45) is 5.92 Å². The Morgan fingerprint density at radius 1 is 1.32 bits per heavy atom. The van der Waals surface area contributed by atoms with Crippen molar-refractivity contribution in [3.63, 3.8) is 0 Å². The average molecular weight is 272 g/mol. The molecule has 0 aromatic heterocycles. The molecule has 0 radical (unpaired) electrons. The molecule has 2 amide bonds. The summed E-state index contributed by atoms with van der Waals surface area (Å²) in [6.07, 6.45) is 3.70. The molecule has 0 saturated heterocycles. The average Bonchev–Trinajstić information content (AvgIpc) is 2.82. The van der Waals surface area contributed by atoms with E-state index in [9.17, 15) is 9.59 Å². The molecule has 1 saturated carbocycles. The molecule has 1 rings (SSSR count). The maximum Gasteiger partial charge on any atom is 0.315 e. The molecule has 19 heavy (non-hydrogen) atoms. The smallest absolute Gasteiger partial charge is 0.315 e. The van der Waals surface area contributed by atoms with Crippen LogP contribution in [0.15, 0.2) is 0 Å². The van der Waals surface area contributed by atoms with E-state index < -0.39 is 5.97 Å². The van der Waals surface area contributed by atoms with E-state index in [0.717, 1.165) is 25.9 Å². The van der Waals surface area contributed by atoms with Crippen LogP contribution in [-0.4, -0.2) is 42.9 Å². The van der Waals surface area contributed by atoms with Crippen molar-refractivity contribution in [1.82, 2.24) is 10.6 Å². The molecule has 2 unspecified atom stereocenters. The minimum atomic E-state index is -0.766. The molecule has 0 bridgehead atoms. The van der Waals surface area contributed by atoms with Crippen molar-refractivity contribution < 1.29 is 19.4 Å². The van der Waals surface area contributed by atoms with Crippen LogP contribution in [0.1, 0.15) is 39.0 Å². The van der Waals surface area contributed by atoms with Crippen LogP contribution < -0.4 is 10.6 Å². The number of aliphatic carboxylic acids is 1. The monoisotopic (exact) mass is 272 g/mol. The third kappa shape index (κ3) is 6.42. The minimum Gasteiger partial charge on any atom is -0.481 e. The van der Waals surface area contributed by atoms with Crippen molar-refractivity contribution in [2.45, 2.75) is 45.1 Å². The SMILES string of the molecule is CCCOCCCNC(=O)NC1CCC(C(=O)O)C1. The van der Waals surface area contributed by atoms with Crippen molar-refractivity contribution in [3.8, 4) is 0 Å². The Morgan fingerprint density at radius 3 is 2.74 bits per heavy atom. The minimum absolute atomic E-state index is 0.0163. The fourth-order valence-corrected chi connectivity index (χ4v) is 2.20. The maximum atomic E-state index is 11.6. The lowest BCUT2D eigenvalue weighted by Crippen LogP contribution is -2.41. The van der Waals surface area contributed by atoms with Crippen molar-refractivity contribution in [2.75, 3.05) is 19.8 Å². The van der Waals surface area contributed by atoms with Gasteiger partial charge in [-0.15, -0.1) is 0 Å². The summed E-state index contributed by atoms with van der Waals surface area (Å²) in [4.78, 5) is 22.3. The van der Waals surface area contributed by atoms with Crippen LogP contribution in [0, 0.1) is 5.92 Å². The van der Waals surface area contributed by atoms with E-state index in [1.807, 2.05) is 0 Å². The number of amides is 2. The Labute approximate surface area is 113 Å². The highest BCUT2D eigenvalue weighted by molar-refractivity contribution is 5.75. The summed E-state index contributed by atoms with van der Waals surface area (Å²) in [5.74, 6) is -1.08. The normalized spacial score (nSPS) is 22.2. The van der Waals surface area contributed by atoms with Gasteiger partial charge in [0.15, 0.2) is 0 Å². The van der Waals surface area contributed by atoms with Gasteiger partial charge in [-0.2, -0.15) is 0 Å². The third-order valence-corrected chi connectivity index (χ3v) is 3.22. The first-order valence-electron chi connectivity index (χ1n) is 6.98. The Bertz CT molecular complexity index is 296. The van der Waals surface area contributed by atoms with Crippen molar-refractivity contribution >= 4 is 12.0 Å². The highest BCUT2D eigenvalue weighted by Crippen LogP contribution is 2.25. The quantitative estimate of drug-likeness (QED) is 0.582. The van der Waals surface area contributed by atoms with Gasteiger partial charge in [0.25, 0.3) is 0 Å². The van der Waals surface area contributed by atoms with E-state index in [-0.39, 0.29) is 18.0 Å². The van der Waals surface area contributed by atoms with Gasteiger partial charge in [0.2, 0.25) is 0 Å². The fraction of sp³-hybridized carbons (Fsp3) is 0.846. The highest BCUT2D eigenvalue weighted by Gasteiger charge is 2.30. The Kier molecular flexibility index (Phi) is 7.25. The molecule has 6 nitrogen and oxygen atoms in total. The van der Waals surface area contributed by atoms with Gasteiger partial charge in [0, 0.05) is 25.8 Å². The molecule has 110 valence electrons. The van der Waals surface area contributed by atoms with Gasteiger partial charge in [0.1, 0.15) is 0 Å². The first-order chi connectivity index (χ1) is 9.13. The fourth-order valence-electron chi connectivity index (χ4n) is 2.20. The van der Waals surface area contributed by atoms with Crippen molar-refractivity contribution in [3.05, 3.63) is 0 Å². The lowest BCUT2D eigenvalue weighted by Gasteiger charge is -2.13. The van der Waals surface area contributed by atoms with E-state index in [0.29, 0.717) is 26.0 Å². The molecule has 0 heterocycles. The number of rotatable bonds is 8. The number of carbonyl (C=O) groups is 2. The van der Waals surface area contributed by atoms with Crippen LogP contribution in [0.25, 0.3) is 0 Å². The van der Waals surface area contributed by atoms with Crippen molar-refractivity contribution in [1.29, 1.82) is 0 Å². The summed E-state index contributed by atoms with van der Waals surface area (Å²) >= 11 is 0. The van der Waals surface area contributed by atoms with E-state index in [2.05, 4.69) is 17.6 Å². The number of carboxylic acid groups (broad SMARTS) is 1. The number of hydrogen-bond acceptors (Lipinski definition) is 3. The largest absolute Gasteiger partial charge is 0.481 e. The first kappa shape index (κ1) is 15.8. The molecule has 3 N–H and O–H groups in total. The van der Waals surface area contributed by atoms with Gasteiger partial charge >= 0.3 is 12.0 Å². The summed E-state index contributed by atoms with van der Waals surface area (Å²) in [7, 11) is 0. The lowest BCUT2D eigenvalue weighted by molar-refractivity contribution is -0.141. The second kappa shape index (κ2) is 8.74. The van der Waals surface area contributed by atoms with Crippen LogP contribution in [0.2, 0.25) is 0 Å². The number of carboxylic acids is 1. The molecule has 6 heteroatoms. The summed E-state index contributed by atoms with van der Waals surface area (Å²) < 4.78 is 5.30. The van der Waals surface area contributed by atoms with Gasteiger partial charge in [-0.25, -0.2) is 4.79 Å². The number of hydrogen-bond donors (Lipinski definition) is 3. The van der Waals surface area contributed by atoms with Gasteiger partial charge in [-0.3, -0.25) is 4.79 Å². The molecule has 1 fully saturated rings. The Hall–Kier alpha value is -1.30. The molecule has 0 aromatic carbocycles. The van der Waals surface area contributed by atoms with Crippen LogP contribution in [0.5, 0.6) is 0 Å². The van der Waals surface area contributed by atoms with Gasteiger partial charge < -0.3 is 20.5 Å². The number of ether oxygens (including phenoxy) is 1.